The predicted octanol–water partition coefficient (Wildman–Crippen LogP) is -0.393. The maximum Gasteiger partial charge on any atom is 0.488 e. The van der Waals surface area contributed by atoms with Gasteiger partial charge in [-0.1, -0.05) is 24.3 Å². The summed E-state index contributed by atoms with van der Waals surface area (Å²) < 4.78 is 53.1. The summed E-state index contributed by atoms with van der Waals surface area (Å²) in [6, 6.07) is 5.13. The van der Waals surface area contributed by atoms with E-state index in [1.54, 1.807) is 0 Å². The molecule has 0 aliphatic heterocycles. The lowest BCUT2D eigenvalue weighted by Gasteiger charge is -2.23. The van der Waals surface area contributed by atoms with Crippen molar-refractivity contribution in [2.75, 3.05) is 26.2 Å². The second kappa shape index (κ2) is 16.3. The Morgan fingerprint density at radius 2 is 1.60 bits per heavy atom. The van der Waals surface area contributed by atoms with Gasteiger partial charge in [0.15, 0.2) is 5.78 Å². The minimum Gasteiger partial charge on any atom is -0.423 e. The van der Waals surface area contributed by atoms with Gasteiger partial charge in [-0.3, -0.25) is 14.4 Å². The van der Waals surface area contributed by atoms with Gasteiger partial charge in [-0.05, 0) is 54.1 Å². The highest BCUT2D eigenvalue weighted by atomic mass is 19.4. The largest absolute Gasteiger partial charge is 0.488 e. The summed E-state index contributed by atoms with van der Waals surface area (Å²) in [5, 5.41) is 21.3. The van der Waals surface area contributed by atoms with Crippen LogP contribution >= 0.6 is 0 Å². The maximum absolute atomic E-state index is 14.4. The van der Waals surface area contributed by atoms with Crippen LogP contribution in [-0.2, 0) is 33.4 Å². The van der Waals surface area contributed by atoms with Gasteiger partial charge >= 0.3 is 13.3 Å². The van der Waals surface area contributed by atoms with E-state index in [0.29, 0.717) is 5.56 Å². The standard InChI is InChI=1S/C27H36BF4N5O5/c29-21-7-6-20(28(41)42)15-18(21)16-24(38)23(9-3-17-1-4-19(5-2-17)27(30,31)32)36-26(40)22(35)8-10-25(39)37(13-11-33)14-12-34/h1-2,4-7,15,22-23,41-42H,3,8-14,16,33-35H2,(H,36,40)/t22-,23+/m0/s1. The van der Waals surface area contributed by atoms with E-state index in [-0.39, 0.29) is 68.8 Å². The highest BCUT2D eigenvalue weighted by Crippen LogP contribution is 2.29. The smallest absolute Gasteiger partial charge is 0.423 e. The van der Waals surface area contributed by atoms with E-state index in [4.69, 9.17) is 17.2 Å². The normalized spacial score (nSPS) is 12.9. The average Bonchev–Trinajstić information content (AvgIpc) is 2.94. The highest BCUT2D eigenvalue weighted by Gasteiger charge is 2.30. The molecule has 0 aliphatic carbocycles. The van der Waals surface area contributed by atoms with E-state index in [2.05, 4.69) is 5.32 Å². The lowest BCUT2D eigenvalue weighted by Crippen LogP contribution is -2.49. The van der Waals surface area contributed by atoms with Crippen molar-refractivity contribution < 1.29 is 42.0 Å². The van der Waals surface area contributed by atoms with Crippen molar-refractivity contribution in [2.24, 2.45) is 17.2 Å². The molecule has 10 nitrogen and oxygen atoms in total. The van der Waals surface area contributed by atoms with Gasteiger partial charge in [-0.2, -0.15) is 13.2 Å². The van der Waals surface area contributed by atoms with Gasteiger partial charge in [0.25, 0.3) is 0 Å². The van der Waals surface area contributed by atoms with Crippen LogP contribution in [0.2, 0.25) is 0 Å². The van der Waals surface area contributed by atoms with Crippen LogP contribution in [0.25, 0.3) is 0 Å². The van der Waals surface area contributed by atoms with Crippen molar-refractivity contribution in [1.82, 2.24) is 10.2 Å². The molecule has 0 radical (unpaired) electrons. The van der Waals surface area contributed by atoms with Crippen LogP contribution in [0, 0.1) is 5.82 Å². The number of nitrogens with two attached hydrogens (primary N) is 3. The summed E-state index contributed by atoms with van der Waals surface area (Å²) in [5.74, 6) is -2.47. The molecule has 0 saturated carbocycles. The fraction of sp³-hybridized carbons (Fsp3) is 0.444. The van der Waals surface area contributed by atoms with Crippen LogP contribution in [0.4, 0.5) is 17.6 Å². The van der Waals surface area contributed by atoms with E-state index < -0.39 is 54.9 Å². The third-order valence-electron chi connectivity index (χ3n) is 6.60. The van der Waals surface area contributed by atoms with Crippen molar-refractivity contribution in [2.45, 2.75) is 50.4 Å². The maximum atomic E-state index is 14.4. The Morgan fingerprint density at radius 3 is 2.14 bits per heavy atom. The highest BCUT2D eigenvalue weighted by molar-refractivity contribution is 6.58. The van der Waals surface area contributed by atoms with Crippen LogP contribution < -0.4 is 28.0 Å². The number of alkyl halides is 3. The molecule has 2 aromatic rings. The number of benzene rings is 2. The molecule has 0 saturated heterocycles. The Hall–Kier alpha value is -3.37. The molecule has 0 heterocycles. The fourth-order valence-corrected chi connectivity index (χ4v) is 4.21. The molecule has 0 bridgehead atoms. The number of hydrogen-bond donors (Lipinski definition) is 6. The van der Waals surface area contributed by atoms with E-state index in [1.165, 1.54) is 17.0 Å². The second-order valence-corrected chi connectivity index (χ2v) is 9.77. The van der Waals surface area contributed by atoms with Gasteiger partial charge in [-0.15, -0.1) is 0 Å². The van der Waals surface area contributed by atoms with Crippen molar-refractivity contribution in [3.05, 3.63) is 65.0 Å². The number of aryl methyl sites for hydroxylation is 1. The monoisotopic (exact) mass is 597 g/mol. The van der Waals surface area contributed by atoms with Crippen molar-refractivity contribution in [3.8, 4) is 0 Å². The average molecular weight is 597 g/mol. The molecule has 2 atom stereocenters. The number of ketones is 1. The molecule has 0 aromatic heterocycles. The van der Waals surface area contributed by atoms with E-state index in [9.17, 15) is 42.0 Å². The first-order chi connectivity index (χ1) is 19.8. The summed E-state index contributed by atoms with van der Waals surface area (Å²) in [4.78, 5) is 40.1. The van der Waals surface area contributed by atoms with E-state index >= 15 is 0 Å². The van der Waals surface area contributed by atoms with Gasteiger partial charge < -0.3 is 37.5 Å². The van der Waals surface area contributed by atoms with Crippen LogP contribution in [0.15, 0.2) is 42.5 Å². The summed E-state index contributed by atoms with van der Waals surface area (Å²) in [5.41, 5.74) is 16.4. The van der Waals surface area contributed by atoms with Gasteiger partial charge in [-0.25, -0.2) is 4.39 Å². The van der Waals surface area contributed by atoms with Gasteiger partial charge in [0.1, 0.15) is 5.82 Å². The Morgan fingerprint density at radius 1 is 0.976 bits per heavy atom. The molecule has 2 rings (SSSR count). The molecular weight excluding hydrogens is 561 g/mol. The summed E-state index contributed by atoms with van der Waals surface area (Å²) in [6.45, 7) is 1.01. The zero-order valence-electron chi connectivity index (χ0n) is 22.9. The van der Waals surface area contributed by atoms with Crippen LogP contribution in [0.3, 0.4) is 0 Å². The Bertz CT molecular complexity index is 1190. The van der Waals surface area contributed by atoms with Gasteiger partial charge in [0, 0.05) is 39.0 Å². The molecule has 0 spiro atoms. The molecule has 0 aliphatic rings. The number of Topliss-reactive ketones (excluding diaryl/α,β-unsaturated/α-hetero) is 1. The lowest BCUT2D eigenvalue weighted by atomic mass is 9.79. The van der Waals surface area contributed by atoms with Crippen LogP contribution in [-0.4, -0.2) is 77.9 Å². The Balaban J connectivity index is 2.16. The first kappa shape index (κ1) is 34.8. The van der Waals surface area contributed by atoms with Gasteiger partial charge in [0.05, 0.1) is 17.6 Å². The quantitative estimate of drug-likeness (QED) is 0.112. The topological polar surface area (TPSA) is 185 Å². The second-order valence-electron chi connectivity index (χ2n) is 9.77. The van der Waals surface area contributed by atoms with E-state index in [1.807, 2.05) is 0 Å². The minimum absolute atomic E-state index is 0.0467. The van der Waals surface area contributed by atoms with Crippen molar-refractivity contribution in [3.63, 3.8) is 0 Å². The number of nitrogens with zero attached hydrogens (tertiary/aromatic N) is 1. The third kappa shape index (κ3) is 10.8. The van der Waals surface area contributed by atoms with Crippen LogP contribution in [0.1, 0.15) is 36.0 Å². The van der Waals surface area contributed by atoms with E-state index in [0.717, 1.165) is 30.3 Å². The van der Waals surface area contributed by atoms with Crippen molar-refractivity contribution >= 4 is 30.2 Å². The lowest BCUT2D eigenvalue weighted by molar-refractivity contribution is -0.137. The molecule has 15 heteroatoms. The SMILES string of the molecule is NCCN(CCN)C(=O)CC[C@H](N)C(=O)N[C@H](CCc1ccc(C(F)(F)F)cc1)C(=O)Cc1cc(B(O)O)ccc1F. The number of halogens is 4. The molecule has 9 N–H and O–H groups in total. The summed E-state index contributed by atoms with van der Waals surface area (Å²) in [6.07, 6.45) is -5.14. The van der Waals surface area contributed by atoms with Crippen LogP contribution in [0.5, 0.6) is 0 Å². The molecular formula is C27H36BF4N5O5. The zero-order chi connectivity index (χ0) is 31.4. The molecule has 230 valence electrons. The van der Waals surface area contributed by atoms with Crippen molar-refractivity contribution in [1.29, 1.82) is 0 Å². The number of carbonyl (C=O) groups excluding carboxylic acids is 3. The Kier molecular flexibility index (Phi) is 13.5. The Labute approximate surface area is 241 Å². The molecule has 42 heavy (non-hydrogen) atoms. The zero-order valence-corrected chi connectivity index (χ0v) is 22.9. The first-order valence-electron chi connectivity index (χ1n) is 13.3. The number of carbonyl (C=O) groups is 3. The molecule has 0 unspecified atom stereocenters. The number of rotatable bonds is 16. The van der Waals surface area contributed by atoms with Gasteiger partial charge in [0.2, 0.25) is 11.8 Å². The summed E-state index contributed by atoms with van der Waals surface area (Å²) >= 11 is 0. The number of nitrogens with one attached hydrogen (secondary N) is 1. The predicted molar refractivity (Wildman–Crippen MR) is 149 cm³/mol. The third-order valence-corrected chi connectivity index (χ3v) is 6.60. The molecule has 0 fully saturated rings. The number of hydrogen-bond acceptors (Lipinski definition) is 8. The fourth-order valence-electron chi connectivity index (χ4n) is 4.21. The summed E-state index contributed by atoms with van der Waals surface area (Å²) in [7, 11) is -1.90. The minimum atomic E-state index is -4.52. The first-order valence-corrected chi connectivity index (χ1v) is 13.3. The molecule has 2 amide bonds. The molecule has 2 aromatic carbocycles. The number of amides is 2.